The lowest BCUT2D eigenvalue weighted by molar-refractivity contribution is 0.107. The minimum atomic E-state index is -0.679. The first-order chi connectivity index (χ1) is 8.24. The second-order valence-corrected chi connectivity index (χ2v) is 3.90. The summed E-state index contributed by atoms with van der Waals surface area (Å²) in [4.78, 5) is 23.2. The number of hydrogen-bond acceptors (Lipinski definition) is 4. The molecule has 0 unspecified atom stereocenters. The molecule has 0 fully saturated rings. The summed E-state index contributed by atoms with van der Waals surface area (Å²) in [5.74, 6) is -0.0260. The predicted molar refractivity (Wildman–Crippen MR) is 65.0 cm³/mol. The van der Waals surface area contributed by atoms with Crippen molar-refractivity contribution >= 4 is 38.8 Å². The summed E-state index contributed by atoms with van der Waals surface area (Å²) >= 11 is 5.33. The maximum Gasteiger partial charge on any atom is 0.289 e. The number of rotatable bonds is 1. The lowest BCUT2D eigenvalue weighted by Gasteiger charge is -2.00. The Morgan fingerprint density at radius 2 is 1.94 bits per heavy atom. The van der Waals surface area contributed by atoms with Gasteiger partial charge in [-0.25, -0.2) is 15.0 Å². The topological polar surface area (TPSA) is 55.7 Å². The van der Waals surface area contributed by atoms with Crippen molar-refractivity contribution in [3.8, 4) is 0 Å². The van der Waals surface area contributed by atoms with Crippen LogP contribution in [-0.4, -0.2) is 20.2 Å². The summed E-state index contributed by atoms with van der Waals surface area (Å²) < 4.78 is 0. The maximum absolute atomic E-state index is 11.0. The zero-order chi connectivity index (χ0) is 11.8. The van der Waals surface area contributed by atoms with Gasteiger partial charge in [-0.1, -0.05) is 18.2 Å². The van der Waals surface area contributed by atoms with E-state index in [0.717, 1.165) is 16.3 Å². The highest BCUT2D eigenvalue weighted by atomic mass is 35.5. The smallest absolute Gasteiger partial charge is 0.272 e. The SMILES string of the molecule is O=C(Cl)c1ncc2cc3ccccc3nc2n1. The van der Waals surface area contributed by atoms with E-state index in [4.69, 9.17) is 11.6 Å². The largest absolute Gasteiger partial charge is 0.289 e. The third kappa shape index (κ3) is 1.72. The molecule has 82 valence electrons. The molecule has 0 radical (unpaired) electrons. The van der Waals surface area contributed by atoms with Crippen LogP contribution in [0.1, 0.15) is 10.6 Å². The molecule has 0 atom stereocenters. The summed E-state index contributed by atoms with van der Waals surface area (Å²) in [6.45, 7) is 0. The summed E-state index contributed by atoms with van der Waals surface area (Å²) in [6.07, 6.45) is 1.55. The van der Waals surface area contributed by atoms with E-state index in [1.54, 1.807) is 6.20 Å². The first kappa shape index (κ1) is 10.1. The van der Waals surface area contributed by atoms with E-state index in [1.807, 2.05) is 30.3 Å². The van der Waals surface area contributed by atoms with E-state index < -0.39 is 5.24 Å². The van der Waals surface area contributed by atoms with E-state index in [9.17, 15) is 4.79 Å². The summed E-state index contributed by atoms with van der Waals surface area (Å²) in [5, 5.41) is 1.11. The highest BCUT2D eigenvalue weighted by Crippen LogP contribution is 2.17. The van der Waals surface area contributed by atoms with Gasteiger partial charge in [-0.15, -0.1) is 0 Å². The second kappa shape index (κ2) is 3.75. The Hall–Kier alpha value is -2.07. The van der Waals surface area contributed by atoms with Crippen molar-refractivity contribution in [3.63, 3.8) is 0 Å². The van der Waals surface area contributed by atoms with Gasteiger partial charge in [0.1, 0.15) is 0 Å². The molecule has 0 spiro atoms. The molecule has 0 aliphatic heterocycles. The molecular formula is C12H6ClN3O. The second-order valence-electron chi connectivity index (χ2n) is 3.56. The van der Waals surface area contributed by atoms with Crippen LogP contribution in [0.15, 0.2) is 36.5 Å². The molecule has 0 amide bonds. The summed E-state index contributed by atoms with van der Waals surface area (Å²) in [7, 11) is 0. The highest BCUT2D eigenvalue weighted by molar-refractivity contribution is 6.67. The van der Waals surface area contributed by atoms with Gasteiger partial charge in [0.15, 0.2) is 5.65 Å². The Kier molecular flexibility index (Phi) is 2.23. The molecule has 0 saturated heterocycles. The molecule has 4 nitrogen and oxygen atoms in total. The Labute approximate surface area is 101 Å². The first-order valence-electron chi connectivity index (χ1n) is 4.96. The van der Waals surface area contributed by atoms with Crippen LogP contribution in [0.2, 0.25) is 0 Å². The standard InChI is InChI=1S/C12H6ClN3O/c13-10(17)12-14-6-8-5-7-3-1-2-4-9(7)15-11(8)16-12/h1-6H. The molecule has 17 heavy (non-hydrogen) atoms. The lowest BCUT2D eigenvalue weighted by atomic mass is 10.2. The number of para-hydroxylation sites is 1. The van der Waals surface area contributed by atoms with Crippen molar-refractivity contribution in [3.05, 3.63) is 42.4 Å². The van der Waals surface area contributed by atoms with E-state index in [0.29, 0.717) is 5.65 Å². The number of carbonyl (C=O) groups is 1. The number of hydrogen-bond donors (Lipinski definition) is 0. The molecule has 3 aromatic rings. The minimum Gasteiger partial charge on any atom is -0.272 e. The molecule has 0 bridgehead atoms. The van der Waals surface area contributed by atoms with Gasteiger partial charge in [0.2, 0.25) is 5.82 Å². The van der Waals surface area contributed by atoms with Gasteiger partial charge in [0, 0.05) is 17.0 Å². The molecular weight excluding hydrogens is 238 g/mol. The average molecular weight is 244 g/mol. The quantitative estimate of drug-likeness (QED) is 0.487. The average Bonchev–Trinajstić information content (AvgIpc) is 2.35. The fraction of sp³-hybridized carbons (Fsp3) is 0. The van der Waals surface area contributed by atoms with E-state index in [-0.39, 0.29) is 5.82 Å². The normalized spacial score (nSPS) is 10.9. The van der Waals surface area contributed by atoms with Gasteiger partial charge >= 0.3 is 0 Å². The van der Waals surface area contributed by atoms with Crippen molar-refractivity contribution < 1.29 is 4.79 Å². The monoisotopic (exact) mass is 243 g/mol. The Balaban J connectivity index is 2.36. The van der Waals surface area contributed by atoms with Crippen molar-refractivity contribution in [1.29, 1.82) is 0 Å². The Morgan fingerprint density at radius 3 is 2.76 bits per heavy atom. The number of nitrogens with zero attached hydrogens (tertiary/aromatic N) is 3. The van der Waals surface area contributed by atoms with Gasteiger partial charge in [0.05, 0.1) is 5.52 Å². The van der Waals surface area contributed by atoms with Gasteiger partial charge in [-0.3, -0.25) is 4.79 Å². The Morgan fingerprint density at radius 1 is 1.12 bits per heavy atom. The van der Waals surface area contributed by atoms with Gasteiger partial charge in [-0.2, -0.15) is 0 Å². The molecule has 0 N–H and O–H groups in total. The van der Waals surface area contributed by atoms with Crippen LogP contribution in [0.4, 0.5) is 0 Å². The van der Waals surface area contributed by atoms with Gasteiger partial charge in [0.25, 0.3) is 5.24 Å². The summed E-state index contributed by atoms with van der Waals surface area (Å²) in [6, 6.07) is 9.62. The lowest BCUT2D eigenvalue weighted by Crippen LogP contribution is -1.99. The molecule has 0 saturated carbocycles. The van der Waals surface area contributed by atoms with Crippen molar-refractivity contribution in [2.45, 2.75) is 0 Å². The number of aromatic nitrogens is 3. The Bertz CT molecular complexity index is 742. The van der Waals surface area contributed by atoms with Crippen LogP contribution < -0.4 is 0 Å². The number of halogens is 1. The van der Waals surface area contributed by atoms with E-state index in [1.165, 1.54) is 0 Å². The zero-order valence-corrected chi connectivity index (χ0v) is 9.35. The van der Waals surface area contributed by atoms with Crippen molar-refractivity contribution in [2.75, 3.05) is 0 Å². The maximum atomic E-state index is 11.0. The van der Waals surface area contributed by atoms with Crippen LogP contribution in [0, 0.1) is 0 Å². The molecule has 2 aromatic heterocycles. The highest BCUT2D eigenvalue weighted by Gasteiger charge is 2.08. The van der Waals surface area contributed by atoms with Crippen molar-refractivity contribution in [1.82, 2.24) is 15.0 Å². The fourth-order valence-electron chi connectivity index (χ4n) is 1.66. The first-order valence-corrected chi connectivity index (χ1v) is 5.34. The molecule has 1 aromatic carbocycles. The predicted octanol–water partition coefficient (Wildman–Crippen LogP) is 2.56. The molecule has 2 heterocycles. The molecule has 3 rings (SSSR count). The number of benzene rings is 1. The molecule has 0 aliphatic rings. The third-order valence-electron chi connectivity index (χ3n) is 2.45. The van der Waals surface area contributed by atoms with Crippen LogP contribution in [0.25, 0.3) is 21.9 Å². The zero-order valence-electron chi connectivity index (χ0n) is 8.59. The van der Waals surface area contributed by atoms with E-state index >= 15 is 0 Å². The van der Waals surface area contributed by atoms with Gasteiger partial charge < -0.3 is 0 Å². The minimum absolute atomic E-state index is 0.0260. The van der Waals surface area contributed by atoms with Crippen LogP contribution in [0.3, 0.4) is 0 Å². The third-order valence-corrected chi connectivity index (χ3v) is 2.61. The van der Waals surface area contributed by atoms with E-state index in [2.05, 4.69) is 15.0 Å². The van der Waals surface area contributed by atoms with Crippen LogP contribution in [-0.2, 0) is 0 Å². The van der Waals surface area contributed by atoms with Crippen molar-refractivity contribution in [2.24, 2.45) is 0 Å². The molecule has 5 heteroatoms. The number of carbonyl (C=O) groups excluding carboxylic acids is 1. The fourth-order valence-corrected chi connectivity index (χ4v) is 1.75. The summed E-state index contributed by atoms with van der Waals surface area (Å²) in [5.41, 5.74) is 1.30. The number of pyridine rings is 1. The number of fused-ring (bicyclic) bond motifs is 2. The van der Waals surface area contributed by atoms with Gasteiger partial charge in [-0.05, 0) is 23.7 Å². The molecule has 0 aliphatic carbocycles. The van der Waals surface area contributed by atoms with Crippen LogP contribution in [0.5, 0.6) is 0 Å². The van der Waals surface area contributed by atoms with Crippen LogP contribution >= 0.6 is 11.6 Å².